The van der Waals surface area contributed by atoms with Gasteiger partial charge in [-0.2, -0.15) is 0 Å². The Morgan fingerprint density at radius 2 is 2.00 bits per heavy atom. The molecule has 1 amide bonds. The number of amides is 1. The summed E-state index contributed by atoms with van der Waals surface area (Å²) in [5.74, 6) is 0.845. The fraction of sp³-hybridized carbons (Fsp3) is 0.312. The summed E-state index contributed by atoms with van der Waals surface area (Å²) in [6.45, 7) is 3.19. The number of hydrogen-bond donors (Lipinski definition) is 2. The Morgan fingerprint density at radius 3 is 2.67 bits per heavy atom. The summed E-state index contributed by atoms with van der Waals surface area (Å²) in [6, 6.07) is 10.0. The van der Waals surface area contributed by atoms with Gasteiger partial charge in [0.15, 0.2) is 0 Å². The van der Waals surface area contributed by atoms with Gasteiger partial charge in [-0.05, 0) is 42.1 Å². The second-order valence-electron chi connectivity index (χ2n) is 4.71. The molecule has 0 aliphatic heterocycles. The fourth-order valence-corrected chi connectivity index (χ4v) is 2.81. The monoisotopic (exact) mass is 304 g/mol. The maximum atomic E-state index is 11.1. The van der Waals surface area contributed by atoms with Gasteiger partial charge in [0.2, 0.25) is 5.91 Å². The predicted octanol–water partition coefficient (Wildman–Crippen LogP) is 3.05. The molecule has 112 valence electrons. The van der Waals surface area contributed by atoms with Crippen molar-refractivity contribution < 1.29 is 9.53 Å². The molecule has 2 N–H and O–H groups in total. The topological polar surface area (TPSA) is 50.4 Å². The number of carbonyl (C=O) groups excluding carboxylic acids is 1. The first-order valence-electron chi connectivity index (χ1n) is 6.86. The van der Waals surface area contributed by atoms with E-state index < -0.39 is 0 Å². The summed E-state index contributed by atoms with van der Waals surface area (Å²) in [7, 11) is 1.67. The van der Waals surface area contributed by atoms with Crippen molar-refractivity contribution in [2.24, 2.45) is 0 Å². The SMILES string of the molecule is COc1ccc(CCNCc2sccc2NC(C)=O)cc1. The number of thiophene rings is 1. The van der Waals surface area contributed by atoms with Crippen molar-refractivity contribution >= 4 is 22.9 Å². The molecule has 4 nitrogen and oxygen atoms in total. The maximum absolute atomic E-state index is 11.1. The van der Waals surface area contributed by atoms with Crippen LogP contribution in [-0.4, -0.2) is 19.6 Å². The van der Waals surface area contributed by atoms with Crippen molar-refractivity contribution in [2.45, 2.75) is 19.9 Å². The number of benzene rings is 1. The molecule has 0 aliphatic carbocycles. The molecular weight excluding hydrogens is 284 g/mol. The van der Waals surface area contributed by atoms with Gasteiger partial charge in [0.05, 0.1) is 12.8 Å². The minimum atomic E-state index is -0.0344. The van der Waals surface area contributed by atoms with Crippen LogP contribution in [0, 0.1) is 0 Å². The van der Waals surface area contributed by atoms with Gasteiger partial charge in [-0.25, -0.2) is 0 Å². The zero-order valence-corrected chi connectivity index (χ0v) is 13.1. The summed E-state index contributed by atoms with van der Waals surface area (Å²) in [5.41, 5.74) is 2.18. The third kappa shape index (κ3) is 4.88. The molecule has 1 heterocycles. The van der Waals surface area contributed by atoms with E-state index in [-0.39, 0.29) is 5.91 Å². The van der Waals surface area contributed by atoms with Crippen LogP contribution < -0.4 is 15.4 Å². The lowest BCUT2D eigenvalue weighted by Gasteiger charge is -2.07. The number of anilines is 1. The Morgan fingerprint density at radius 1 is 1.24 bits per heavy atom. The number of hydrogen-bond acceptors (Lipinski definition) is 4. The standard InChI is InChI=1S/C16H20N2O2S/c1-12(19)18-15-8-10-21-16(15)11-17-9-7-13-3-5-14(20-2)6-4-13/h3-6,8,10,17H,7,9,11H2,1-2H3,(H,18,19). The largest absolute Gasteiger partial charge is 0.497 e. The third-order valence-corrected chi connectivity index (χ3v) is 4.01. The van der Waals surface area contributed by atoms with Crippen molar-refractivity contribution in [1.82, 2.24) is 5.32 Å². The van der Waals surface area contributed by atoms with Crippen LogP contribution >= 0.6 is 11.3 Å². The van der Waals surface area contributed by atoms with Crippen LogP contribution in [0.4, 0.5) is 5.69 Å². The molecule has 2 aromatic rings. The van der Waals surface area contributed by atoms with Crippen molar-refractivity contribution in [3.8, 4) is 5.75 Å². The van der Waals surface area contributed by atoms with Gasteiger partial charge in [0.25, 0.3) is 0 Å². The highest BCUT2D eigenvalue weighted by atomic mass is 32.1. The van der Waals surface area contributed by atoms with Gasteiger partial charge in [-0.3, -0.25) is 4.79 Å². The molecule has 0 atom stereocenters. The van der Waals surface area contributed by atoms with Crippen molar-refractivity contribution in [3.05, 3.63) is 46.2 Å². The van der Waals surface area contributed by atoms with Gasteiger partial charge < -0.3 is 15.4 Å². The molecule has 0 aliphatic rings. The molecule has 0 bridgehead atoms. The van der Waals surface area contributed by atoms with Crippen LogP contribution in [0.25, 0.3) is 0 Å². The number of ether oxygens (including phenoxy) is 1. The third-order valence-electron chi connectivity index (χ3n) is 3.09. The summed E-state index contributed by atoms with van der Waals surface area (Å²) in [5, 5.41) is 8.24. The molecular formula is C16H20N2O2S. The second kappa shape index (κ2) is 7.81. The normalized spacial score (nSPS) is 10.4. The summed E-state index contributed by atoms with van der Waals surface area (Å²) >= 11 is 1.65. The molecule has 1 aromatic heterocycles. The average Bonchev–Trinajstić information content (AvgIpc) is 2.91. The van der Waals surface area contributed by atoms with Crippen LogP contribution in [0.2, 0.25) is 0 Å². The summed E-state index contributed by atoms with van der Waals surface area (Å²) in [6.07, 6.45) is 0.963. The van der Waals surface area contributed by atoms with E-state index in [2.05, 4.69) is 22.8 Å². The van der Waals surface area contributed by atoms with Gasteiger partial charge in [0, 0.05) is 18.3 Å². The number of rotatable bonds is 7. The molecule has 1 aromatic carbocycles. The predicted molar refractivity (Wildman–Crippen MR) is 87.0 cm³/mol. The molecule has 2 rings (SSSR count). The molecule has 0 spiro atoms. The Kier molecular flexibility index (Phi) is 5.78. The summed E-state index contributed by atoms with van der Waals surface area (Å²) < 4.78 is 5.14. The van der Waals surface area contributed by atoms with Crippen LogP contribution in [0.1, 0.15) is 17.4 Å². The minimum absolute atomic E-state index is 0.0344. The highest BCUT2D eigenvalue weighted by molar-refractivity contribution is 7.10. The van der Waals surface area contributed by atoms with Crippen molar-refractivity contribution in [2.75, 3.05) is 19.0 Å². The Hall–Kier alpha value is -1.85. The molecule has 0 saturated carbocycles. The van der Waals surface area contributed by atoms with E-state index in [4.69, 9.17) is 4.74 Å². The lowest BCUT2D eigenvalue weighted by atomic mass is 10.1. The van der Waals surface area contributed by atoms with E-state index in [1.165, 1.54) is 12.5 Å². The zero-order chi connectivity index (χ0) is 15.1. The van der Waals surface area contributed by atoms with Gasteiger partial charge >= 0.3 is 0 Å². The van der Waals surface area contributed by atoms with Gasteiger partial charge in [-0.1, -0.05) is 12.1 Å². The smallest absolute Gasteiger partial charge is 0.221 e. The minimum Gasteiger partial charge on any atom is -0.497 e. The highest BCUT2D eigenvalue weighted by Crippen LogP contribution is 2.21. The zero-order valence-electron chi connectivity index (χ0n) is 12.3. The number of nitrogens with one attached hydrogen (secondary N) is 2. The Labute approximate surface area is 129 Å². The molecule has 21 heavy (non-hydrogen) atoms. The van der Waals surface area contributed by atoms with E-state index >= 15 is 0 Å². The lowest BCUT2D eigenvalue weighted by molar-refractivity contribution is -0.114. The molecule has 5 heteroatoms. The van der Waals surface area contributed by atoms with Crippen LogP contribution in [-0.2, 0) is 17.8 Å². The van der Waals surface area contributed by atoms with E-state index in [0.717, 1.165) is 35.8 Å². The second-order valence-corrected chi connectivity index (χ2v) is 5.71. The first-order valence-corrected chi connectivity index (χ1v) is 7.74. The summed E-state index contributed by atoms with van der Waals surface area (Å²) in [4.78, 5) is 12.2. The molecule has 0 fully saturated rings. The lowest BCUT2D eigenvalue weighted by Crippen LogP contribution is -2.17. The molecule has 0 unspecified atom stereocenters. The molecule has 0 saturated heterocycles. The van der Waals surface area contributed by atoms with E-state index in [9.17, 15) is 4.79 Å². The Balaban J connectivity index is 1.76. The first kappa shape index (κ1) is 15.5. The number of carbonyl (C=O) groups is 1. The maximum Gasteiger partial charge on any atom is 0.221 e. The van der Waals surface area contributed by atoms with Crippen LogP contribution in [0.5, 0.6) is 5.75 Å². The van der Waals surface area contributed by atoms with E-state index in [0.29, 0.717) is 0 Å². The van der Waals surface area contributed by atoms with E-state index in [1.54, 1.807) is 18.4 Å². The van der Waals surface area contributed by atoms with Crippen LogP contribution in [0.3, 0.4) is 0 Å². The first-order chi connectivity index (χ1) is 10.2. The van der Waals surface area contributed by atoms with Gasteiger partial charge in [-0.15, -0.1) is 11.3 Å². The average molecular weight is 304 g/mol. The quantitative estimate of drug-likeness (QED) is 0.773. The number of methoxy groups -OCH3 is 1. The highest BCUT2D eigenvalue weighted by Gasteiger charge is 2.05. The van der Waals surface area contributed by atoms with E-state index in [1.807, 2.05) is 23.6 Å². The fourth-order valence-electron chi connectivity index (χ4n) is 2.01. The van der Waals surface area contributed by atoms with Crippen LogP contribution in [0.15, 0.2) is 35.7 Å². The Bertz CT molecular complexity index is 578. The van der Waals surface area contributed by atoms with Crippen molar-refractivity contribution in [1.29, 1.82) is 0 Å². The molecule has 0 radical (unpaired) electrons. The van der Waals surface area contributed by atoms with Crippen molar-refractivity contribution in [3.63, 3.8) is 0 Å². The van der Waals surface area contributed by atoms with Gasteiger partial charge in [0.1, 0.15) is 5.75 Å².